The van der Waals surface area contributed by atoms with Crippen molar-refractivity contribution in [2.75, 3.05) is 26.3 Å². The number of ether oxygens (including phenoxy) is 1. The number of morpholine rings is 1. The van der Waals surface area contributed by atoms with Crippen LogP contribution in [0.25, 0.3) is 27.1 Å². The van der Waals surface area contributed by atoms with Crippen LogP contribution < -0.4 is 4.90 Å². The summed E-state index contributed by atoms with van der Waals surface area (Å²) in [7, 11) is 0. The van der Waals surface area contributed by atoms with Crippen molar-refractivity contribution in [1.82, 2.24) is 25.0 Å². The fourth-order valence-corrected chi connectivity index (χ4v) is 6.08. The lowest BCUT2D eigenvalue weighted by atomic mass is 9.89. The topological polar surface area (TPSA) is 70.2 Å². The number of para-hydroxylation sites is 1. The number of rotatable bonds is 3. The first-order valence-corrected chi connectivity index (χ1v) is 11.6. The average molecular weight is 422 g/mol. The zero-order valence-corrected chi connectivity index (χ0v) is 17.9. The molecule has 4 aromatic rings. The van der Waals surface area contributed by atoms with E-state index >= 15 is 0 Å². The molecular weight excluding hydrogens is 396 g/mol. The molecule has 0 spiro atoms. The van der Waals surface area contributed by atoms with E-state index in [2.05, 4.69) is 23.3 Å². The van der Waals surface area contributed by atoms with Gasteiger partial charge in [0.25, 0.3) is 0 Å². The predicted molar refractivity (Wildman–Crippen MR) is 116 cm³/mol. The highest BCUT2D eigenvalue weighted by atomic mass is 32.1. The molecule has 7 nitrogen and oxygen atoms in total. The van der Waals surface area contributed by atoms with Gasteiger partial charge in [0.15, 0.2) is 11.6 Å². The van der Waals surface area contributed by atoms with Crippen molar-refractivity contribution in [2.45, 2.75) is 32.7 Å². The minimum absolute atomic E-state index is 0.728. The van der Waals surface area contributed by atoms with E-state index in [1.54, 1.807) is 0 Å². The largest absolute Gasteiger partial charge is 0.370 e. The van der Waals surface area contributed by atoms with Gasteiger partial charge in [-0.3, -0.25) is 0 Å². The number of nitrogens with one attached hydrogen (secondary N) is 1. The molecule has 6 rings (SSSR count). The second kappa shape index (κ2) is 7.37. The van der Waals surface area contributed by atoms with E-state index < -0.39 is 0 Å². The first kappa shape index (κ1) is 18.4. The molecule has 0 amide bonds. The number of fused-ring (bicyclic) bond motifs is 4. The Morgan fingerprint density at radius 3 is 2.97 bits per heavy atom. The third-order valence-electron chi connectivity index (χ3n) is 6.34. The van der Waals surface area contributed by atoms with Gasteiger partial charge in [-0.15, -0.1) is 16.4 Å². The number of nitrogens with zero attached hydrogens (tertiary/aromatic N) is 5. The average Bonchev–Trinajstić information content (AvgIpc) is 3.34. The molecule has 1 N–H and O–H groups in total. The number of aryl methyl sites for hydroxylation is 1. The summed E-state index contributed by atoms with van der Waals surface area (Å²) in [6.07, 6.45) is 3.45. The summed E-state index contributed by atoms with van der Waals surface area (Å²) in [6, 6.07) is 8.10. The van der Waals surface area contributed by atoms with Gasteiger partial charge < -0.3 is 9.64 Å². The Labute approximate surface area is 178 Å². The van der Waals surface area contributed by atoms with Crippen LogP contribution in [0.5, 0.6) is 0 Å². The van der Waals surface area contributed by atoms with Crippen molar-refractivity contribution >= 4 is 32.6 Å². The third-order valence-corrected chi connectivity index (χ3v) is 7.49. The molecule has 1 aromatic carbocycles. The maximum absolute atomic E-state index is 5.52. The molecule has 1 fully saturated rings. The third kappa shape index (κ3) is 3.10. The van der Waals surface area contributed by atoms with Crippen LogP contribution in [0, 0.1) is 5.92 Å². The van der Waals surface area contributed by atoms with Crippen molar-refractivity contribution in [1.29, 1.82) is 0 Å². The van der Waals surface area contributed by atoms with Crippen LogP contribution in [0.1, 0.15) is 29.6 Å². The minimum atomic E-state index is 0.728. The summed E-state index contributed by atoms with van der Waals surface area (Å²) in [4.78, 5) is 14.2. The molecule has 30 heavy (non-hydrogen) atoms. The van der Waals surface area contributed by atoms with Gasteiger partial charge in [-0.25, -0.2) is 9.97 Å². The van der Waals surface area contributed by atoms with E-state index in [1.165, 1.54) is 27.1 Å². The molecule has 0 unspecified atom stereocenters. The second-order valence-electron chi connectivity index (χ2n) is 8.52. The van der Waals surface area contributed by atoms with E-state index in [1.807, 2.05) is 34.2 Å². The van der Waals surface area contributed by atoms with Crippen molar-refractivity contribution < 1.29 is 9.64 Å². The molecule has 154 valence electrons. The molecule has 4 heterocycles. The maximum atomic E-state index is 5.52. The van der Waals surface area contributed by atoms with Crippen molar-refractivity contribution in [3.63, 3.8) is 0 Å². The lowest BCUT2D eigenvalue weighted by molar-refractivity contribution is -0.922. The molecule has 8 heteroatoms. The van der Waals surface area contributed by atoms with Gasteiger partial charge in [-0.2, -0.15) is 4.68 Å². The number of benzene rings is 1. The van der Waals surface area contributed by atoms with Gasteiger partial charge >= 0.3 is 0 Å². The minimum Gasteiger partial charge on any atom is -0.370 e. The van der Waals surface area contributed by atoms with Crippen molar-refractivity contribution in [2.24, 2.45) is 5.92 Å². The summed E-state index contributed by atoms with van der Waals surface area (Å²) in [5, 5.41) is 10.1. The van der Waals surface area contributed by atoms with Crippen LogP contribution in [0.3, 0.4) is 0 Å². The quantitative estimate of drug-likeness (QED) is 0.548. The Kier molecular flexibility index (Phi) is 4.51. The van der Waals surface area contributed by atoms with Crippen LogP contribution in [-0.2, 0) is 24.1 Å². The Morgan fingerprint density at radius 1 is 1.20 bits per heavy atom. The molecule has 1 aliphatic carbocycles. The number of hydrogen-bond acceptors (Lipinski definition) is 6. The normalized spacial score (nSPS) is 20.1. The SMILES string of the molecule is C[C@H]1CCc2c(sc3nc(C[NH+]4CCOCC4)nc(-n4nnc5ccccc54)c23)C1. The Balaban J connectivity index is 1.54. The number of quaternary nitrogens is 1. The molecule has 0 saturated carbocycles. The predicted octanol–water partition coefficient (Wildman–Crippen LogP) is 1.97. The van der Waals surface area contributed by atoms with Crippen LogP contribution >= 0.6 is 11.3 Å². The maximum Gasteiger partial charge on any atom is 0.187 e. The van der Waals surface area contributed by atoms with Crippen LogP contribution in [0.15, 0.2) is 24.3 Å². The molecule has 1 saturated heterocycles. The van der Waals surface area contributed by atoms with E-state index in [9.17, 15) is 0 Å². The van der Waals surface area contributed by atoms with Crippen LogP contribution in [-0.4, -0.2) is 51.3 Å². The molecular formula is C22H25N6OS+. The fourth-order valence-electron chi connectivity index (χ4n) is 4.68. The van der Waals surface area contributed by atoms with Crippen LogP contribution in [0.4, 0.5) is 0 Å². The number of thiophene rings is 1. The second-order valence-corrected chi connectivity index (χ2v) is 9.61. The van der Waals surface area contributed by atoms with Crippen molar-refractivity contribution in [3.05, 3.63) is 40.5 Å². The molecule has 0 radical (unpaired) electrons. The van der Waals surface area contributed by atoms with Gasteiger partial charge in [-0.05, 0) is 42.9 Å². The highest BCUT2D eigenvalue weighted by Gasteiger charge is 2.26. The van der Waals surface area contributed by atoms with E-state index in [-0.39, 0.29) is 0 Å². The standard InChI is InChI=1S/C22H24N6OS/c1-14-6-7-15-18(12-14)30-22-20(15)21(28-17-5-3-2-4-16(17)25-26-28)23-19(24-22)13-27-8-10-29-11-9-27/h2-5,14H,6-13H2,1H3/p+1/t14-/m0/s1. The Hall–Kier alpha value is -2.42. The summed E-state index contributed by atoms with van der Waals surface area (Å²) >= 11 is 1.85. The summed E-state index contributed by atoms with van der Waals surface area (Å²) in [5.41, 5.74) is 3.31. The first-order valence-electron chi connectivity index (χ1n) is 10.8. The van der Waals surface area contributed by atoms with Crippen LogP contribution in [0.2, 0.25) is 0 Å². The molecule has 3 aromatic heterocycles. The lowest BCUT2D eigenvalue weighted by Crippen LogP contribution is -3.12. The lowest BCUT2D eigenvalue weighted by Gasteiger charge is -2.23. The fraction of sp³-hybridized carbons (Fsp3) is 0.455. The highest BCUT2D eigenvalue weighted by molar-refractivity contribution is 7.18. The summed E-state index contributed by atoms with van der Waals surface area (Å²) < 4.78 is 7.44. The summed E-state index contributed by atoms with van der Waals surface area (Å²) in [5.74, 6) is 2.51. The van der Waals surface area contributed by atoms with Gasteiger partial charge in [0.1, 0.15) is 30.0 Å². The van der Waals surface area contributed by atoms with Gasteiger partial charge in [-0.1, -0.05) is 24.3 Å². The van der Waals surface area contributed by atoms with E-state index in [4.69, 9.17) is 14.7 Å². The first-order chi connectivity index (χ1) is 14.8. The molecule has 2 aliphatic rings. The Morgan fingerprint density at radius 2 is 2.07 bits per heavy atom. The number of aromatic nitrogens is 5. The monoisotopic (exact) mass is 421 g/mol. The molecule has 1 aliphatic heterocycles. The molecule has 1 atom stereocenters. The zero-order chi connectivity index (χ0) is 20.1. The van der Waals surface area contributed by atoms with Gasteiger partial charge in [0.05, 0.1) is 24.1 Å². The summed E-state index contributed by atoms with van der Waals surface area (Å²) in [6.45, 7) is 6.78. The van der Waals surface area contributed by atoms with E-state index in [0.29, 0.717) is 0 Å². The zero-order valence-electron chi connectivity index (χ0n) is 17.1. The number of hydrogen-bond donors (Lipinski definition) is 1. The van der Waals surface area contributed by atoms with Gasteiger partial charge in [0, 0.05) is 4.88 Å². The van der Waals surface area contributed by atoms with Crippen molar-refractivity contribution in [3.8, 4) is 5.82 Å². The Bertz CT molecular complexity index is 1230. The highest BCUT2D eigenvalue weighted by Crippen LogP contribution is 2.39. The smallest absolute Gasteiger partial charge is 0.187 e. The molecule has 0 bridgehead atoms. The van der Waals surface area contributed by atoms with Gasteiger partial charge in [0.2, 0.25) is 0 Å². The van der Waals surface area contributed by atoms with E-state index in [0.717, 1.165) is 79.1 Å².